The van der Waals surface area contributed by atoms with Gasteiger partial charge in [-0.05, 0) is 88.6 Å². The first-order valence-corrected chi connectivity index (χ1v) is 15.5. The highest BCUT2D eigenvalue weighted by Crippen LogP contribution is 2.27. The summed E-state index contributed by atoms with van der Waals surface area (Å²) in [6.07, 6.45) is 0.310. The lowest BCUT2D eigenvalue weighted by Gasteiger charge is -2.35. The number of hydrogen-bond donors (Lipinski definition) is 1. The van der Waals surface area contributed by atoms with Gasteiger partial charge in [-0.3, -0.25) is 13.9 Å². The van der Waals surface area contributed by atoms with Crippen molar-refractivity contribution in [3.05, 3.63) is 93.5 Å². The number of carbonyl (C=O) groups excluding carboxylic acids is 2. The van der Waals surface area contributed by atoms with E-state index in [9.17, 15) is 18.0 Å². The first kappa shape index (κ1) is 32.4. The number of carbonyl (C=O) groups is 2. The van der Waals surface area contributed by atoms with E-state index in [4.69, 9.17) is 23.2 Å². The summed E-state index contributed by atoms with van der Waals surface area (Å²) in [5.74, 6) is -0.874. The number of hydrogen-bond acceptors (Lipinski definition) is 4. The van der Waals surface area contributed by atoms with Crippen LogP contribution in [0.25, 0.3) is 0 Å². The van der Waals surface area contributed by atoms with E-state index in [1.807, 2.05) is 47.6 Å². The molecule has 0 saturated heterocycles. The molecule has 3 aromatic rings. The molecule has 1 N–H and O–H groups in total. The molecule has 1 atom stereocenters. The predicted molar refractivity (Wildman–Crippen MR) is 166 cm³/mol. The molecule has 10 heteroatoms. The van der Waals surface area contributed by atoms with Gasteiger partial charge < -0.3 is 10.2 Å². The van der Waals surface area contributed by atoms with Crippen molar-refractivity contribution in [2.45, 2.75) is 71.0 Å². The molecule has 0 aliphatic carbocycles. The number of benzene rings is 3. The Labute approximate surface area is 253 Å². The summed E-state index contributed by atoms with van der Waals surface area (Å²) < 4.78 is 29.0. The first-order chi connectivity index (χ1) is 19.1. The molecule has 220 valence electrons. The predicted octanol–water partition coefficient (Wildman–Crippen LogP) is 6.53. The van der Waals surface area contributed by atoms with Gasteiger partial charge in [-0.2, -0.15) is 0 Å². The van der Waals surface area contributed by atoms with Crippen LogP contribution in [0.5, 0.6) is 0 Å². The van der Waals surface area contributed by atoms with Gasteiger partial charge in [0, 0.05) is 12.1 Å². The van der Waals surface area contributed by atoms with Crippen LogP contribution >= 0.6 is 23.2 Å². The number of aryl methyl sites for hydroxylation is 2. The zero-order chi connectivity index (χ0) is 30.5. The summed E-state index contributed by atoms with van der Waals surface area (Å²) in [5, 5.41) is 3.63. The monoisotopic (exact) mass is 617 g/mol. The molecule has 3 rings (SSSR count). The van der Waals surface area contributed by atoms with Crippen LogP contribution in [0.4, 0.5) is 5.69 Å². The van der Waals surface area contributed by atoms with Gasteiger partial charge in [0.1, 0.15) is 12.6 Å². The van der Waals surface area contributed by atoms with Crippen LogP contribution in [0.3, 0.4) is 0 Å². The zero-order valence-electron chi connectivity index (χ0n) is 24.2. The van der Waals surface area contributed by atoms with Gasteiger partial charge in [0.15, 0.2) is 0 Å². The minimum absolute atomic E-state index is 0.0258. The Balaban J connectivity index is 2.09. The van der Waals surface area contributed by atoms with Crippen molar-refractivity contribution >= 4 is 50.7 Å². The number of nitrogens with one attached hydrogen (secondary N) is 1. The molecule has 0 heterocycles. The number of sulfonamides is 1. The van der Waals surface area contributed by atoms with Crippen molar-refractivity contribution in [1.29, 1.82) is 0 Å². The lowest BCUT2D eigenvalue weighted by molar-refractivity contribution is -0.141. The quantitative estimate of drug-likeness (QED) is 0.280. The lowest BCUT2D eigenvalue weighted by atomic mass is 10.1. The van der Waals surface area contributed by atoms with Crippen LogP contribution in [0, 0.1) is 13.8 Å². The van der Waals surface area contributed by atoms with Crippen molar-refractivity contribution in [2.24, 2.45) is 0 Å². The van der Waals surface area contributed by atoms with Crippen LogP contribution in [0.1, 0.15) is 50.8 Å². The van der Waals surface area contributed by atoms with E-state index in [2.05, 4.69) is 5.32 Å². The molecule has 0 radical (unpaired) electrons. The normalized spacial score (nSPS) is 12.5. The van der Waals surface area contributed by atoms with E-state index in [-0.39, 0.29) is 17.3 Å². The Morgan fingerprint density at radius 3 is 2.12 bits per heavy atom. The van der Waals surface area contributed by atoms with Gasteiger partial charge in [0.2, 0.25) is 11.8 Å². The number of halogens is 2. The summed E-state index contributed by atoms with van der Waals surface area (Å²) >= 11 is 12.4. The minimum atomic E-state index is -4.14. The molecular formula is C31H37Cl2N3O4S. The van der Waals surface area contributed by atoms with Crippen LogP contribution in [0.15, 0.2) is 71.6 Å². The highest BCUT2D eigenvalue weighted by molar-refractivity contribution is 7.92. The molecule has 0 aliphatic heterocycles. The second-order valence-electron chi connectivity index (χ2n) is 11.1. The minimum Gasteiger partial charge on any atom is -0.350 e. The fourth-order valence-corrected chi connectivity index (χ4v) is 6.08. The van der Waals surface area contributed by atoms with Crippen LogP contribution in [-0.2, 0) is 26.2 Å². The van der Waals surface area contributed by atoms with E-state index >= 15 is 0 Å². The molecule has 41 heavy (non-hydrogen) atoms. The van der Waals surface area contributed by atoms with E-state index in [0.717, 1.165) is 15.4 Å². The van der Waals surface area contributed by atoms with Gasteiger partial charge in [-0.25, -0.2) is 8.42 Å². The second kappa shape index (κ2) is 13.3. The molecule has 0 bridgehead atoms. The van der Waals surface area contributed by atoms with Crippen molar-refractivity contribution in [3.8, 4) is 0 Å². The standard InChI is InChI=1S/C31H37Cl2N3O4S/c1-7-28(30(38)34-31(4,5)6)35(19-23-13-16-26(32)27(33)18-23)29(37)20-36(24-10-8-9-22(3)17-24)41(39,40)25-14-11-21(2)12-15-25/h8-18,28H,7,19-20H2,1-6H3,(H,34,38)/t28-/m1/s1. The third kappa shape index (κ3) is 8.47. The van der Waals surface area contributed by atoms with E-state index in [1.54, 1.807) is 48.5 Å². The van der Waals surface area contributed by atoms with Gasteiger partial charge in [-0.15, -0.1) is 0 Å². The zero-order valence-corrected chi connectivity index (χ0v) is 26.6. The fraction of sp³-hybridized carbons (Fsp3) is 0.355. The Kier molecular flexibility index (Phi) is 10.5. The molecule has 3 aromatic carbocycles. The molecule has 7 nitrogen and oxygen atoms in total. The van der Waals surface area contributed by atoms with Crippen molar-refractivity contribution in [3.63, 3.8) is 0 Å². The highest BCUT2D eigenvalue weighted by atomic mass is 35.5. The lowest BCUT2D eigenvalue weighted by Crippen LogP contribution is -2.55. The molecule has 0 unspecified atom stereocenters. The third-order valence-electron chi connectivity index (χ3n) is 6.40. The average Bonchev–Trinajstić information content (AvgIpc) is 2.88. The Hall–Kier alpha value is -3.07. The Morgan fingerprint density at radius 2 is 1.56 bits per heavy atom. The van der Waals surface area contributed by atoms with Gasteiger partial charge in [0.05, 0.1) is 20.6 Å². The van der Waals surface area contributed by atoms with Crippen molar-refractivity contribution in [1.82, 2.24) is 10.2 Å². The number of nitrogens with zero attached hydrogens (tertiary/aromatic N) is 2. The highest BCUT2D eigenvalue weighted by Gasteiger charge is 2.34. The fourth-order valence-electron chi connectivity index (χ4n) is 4.36. The van der Waals surface area contributed by atoms with Crippen LogP contribution in [-0.4, -0.2) is 43.3 Å². The largest absolute Gasteiger partial charge is 0.350 e. The molecule has 0 aromatic heterocycles. The third-order valence-corrected chi connectivity index (χ3v) is 8.93. The molecule has 0 saturated carbocycles. The van der Waals surface area contributed by atoms with Crippen LogP contribution < -0.4 is 9.62 Å². The molecule has 0 spiro atoms. The van der Waals surface area contributed by atoms with E-state index in [0.29, 0.717) is 27.7 Å². The number of anilines is 1. The molecule has 0 aliphatic rings. The summed E-state index contributed by atoms with van der Waals surface area (Å²) in [5.41, 5.74) is 2.21. The maximum Gasteiger partial charge on any atom is 0.264 e. The van der Waals surface area contributed by atoms with E-state index in [1.165, 1.54) is 17.0 Å². The van der Waals surface area contributed by atoms with Gasteiger partial charge >= 0.3 is 0 Å². The summed E-state index contributed by atoms with van der Waals surface area (Å²) in [7, 11) is -4.14. The van der Waals surface area contributed by atoms with Crippen molar-refractivity contribution < 1.29 is 18.0 Å². The first-order valence-electron chi connectivity index (χ1n) is 13.3. The smallest absolute Gasteiger partial charge is 0.264 e. The maximum atomic E-state index is 14.2. The Bertz CT molecular complexity index is 1500. The Morgan fingerprint density at radius 1 is 0.902 bits per heavy atom. The molecule has 0 fully saturated rings. The summed E-state index contributed by atoms with van der Waals surface area (Å²) in [6, 6.07) is 17.6. The van der Waals surface area contributed by atoms with Gasteiger partial charge in [0.25, 0.3) is 10.0 Å². The van der Waals surface area contributed by atoms with E-state index < -0.39 is 34.1 Å². The second-order valence-corrected chi connectivity index (χ2v) is 13.8. The maximum absolute atomic E-state index is 14.2. The number of rotatable bonds is 10. The topological polar surface area (TPSA) is 86.8 Å². The summed E-state index contributed by atoms with van der Waals surface area (Å²) in [4.78, 5) is 29.0. The van der Waals surface area contributed by atoms with Gasteiger partial charge in [-0.1, -0.05) is 66.0 Å². The molecular weight excluding hydrogens is 581 g/mol. The van der Waals surface area contributed by atoms with Crippen molar-refractivity contribution in [2.75, 3.05) is 10.8 Å². The van der Waals surface area contributed by atoms with Crippen LogP contribution in [0.2, 0.25) is 10.0 Å². The average molecular weight is 619 g/mol. The SMILES string of the molecule is CC[C@H](C(=O)NC(C)(C)C)N(Cc1ccc(Cl)c(Cl)c1)C(=O)CN(c1cccc(C)c1)S(=O)(=O)c1ccc(C)cc1. The summed E-state index contributed by atoms with van der Waals surface area (Å²) in [6.45, 7) is 10.6. The number of amides is 2. The molecule has 2 amide bonds.